The molecule has 2 rings (SSSR count). The lowest BCUT2D eigenvalue weighted by molar-refractivity contribution is 0.567. The highest BCUT2D eigenvalue weighted by Gasteiger charge is 2.23. The van der Waals surface area contributed by atoms with Gasteiger partial charge in [0.15, 0.2) is 0 Å². The van der Waals surface area contributed by atoms with E-state index in [0.717, 1.165) is 11.1 Å². The van der Waals surface area contributed by atoms with E-state index in [1.807, 2.05) is 60.7 Å². The highest BCUT2D eigenvalue weighted by molar-refractivity contribution is 5.35. The van der Waals surface area contributed by atoms with Gasteiger partial charge in [-0.1, -0.05) is 60.7 Å². The average molecular weight is 232 g/mol. The van der Waals surface area contributed by atoms with Gasteiger partial charge < -0.3 is 23.8 Å². The van der Waals surface area contributed by atoms with Crippen molar-refractivity contribution >= 4 is 0 Å². The number of rotatable bonds is 2. The molecule has 0 unspecified atom stereocenters. The molecule has 0 amide bonds. The highest BCUT2D eigenvalue weighted by Crippen LogP contribution is 2.20. The van der Waals surface area contributed by atoms with Gasteiger partial charge in [0.1, 0.15) is 5.66 Å². The standard InChI is InChI=1S/C13H14N2.2H3N/c14-13(15,11-7-3-1-4-8-11)12-9-5-2-6-10-12;;/h1-10H,14-15H2;2*1H3. The number of hydrogen-bond acceptors (Lipinski definition) is 4. The minimum absolute atomic E-state index is 0. The summed E-state index contributed by atoms with van der Waals surface area (Å²) in [5, 5.41) is 0. The van der Waals surface area contributed by atoms with Crippen molar-refractivity contribution in [3.63, 3.8) is 0 Å². The van der Waals surface area contributed by atoms with Crippen LogP contribution in [0.1, 0.15) is 11.1 Å². The summed E-state index contributed by atoms with van der Waals surface area (Å²) in [5.74, 6) is 0. The maximum atomic E-state index is 6.14. The number of hydrogen-bond donors (Lipinski definition) is 4. The molecule has 4 nitrogen and oxygen atoms in total. The van der Waals surface area contributed by atoms with E-state index < -0.39 is 5.66 Å². The lowest BCUT2D eigenvalue weighted by Crippen LogP contribution is -2.46. The van der Waals surface area contributed by atoms with Gasteiger partial charge in [0.2, 0.25) is 0 Å². The van der Waals surface area contributed by atoms with E-state index >= 15 is 0 Å². The maximum absolute atomic E-state index is 6.14. The highest BCUT2D eigenvalue weighted by atomic mass is 15.0. The average Bonchev–Trinajstić information content (AvgIpc) is 2.31. The fourth-order valence-electron chi connectivity index (χ4n) is 1.59. The van der Waals surface area contributed by atoms with Crippen LogP contribution in [-0.2, 0) is 5.66 Å². The molecule has 0 heterocycles. The van der Waals surface area contributed by atoms with Crippen LogP contribution in [0.3, 0.4) is 0 Å². The summed E-state index contributed by atoms with van der Waals surface area (Å²) in [5.41, 5.74) is 13.2. The fraction of sp³-hybridized carbons (Fsp3) is 0.0769. The molecule has 17 heavy (non-hydrogen) atoms. The normalized spacial score (nSPS) is 10.0. The van der Waals surface area contributed by atoms with Gasteiger partial charge in [-0.3, -0.25) is 0 Å². The number of nitrogens with two attached hydrogens (primary N) is 2. The van der Waals surface area contributed by atoms with Crippen LogP contribution in [0.15, 0.2) is 60.7 Å². The van der Waals surface area contributed by atoms with Crippen LogP contribution in [0.5, 0.6) is 0 Å². The van der Waals surface area contributed by atoms with E-state index in [-0.39, 0.29) is 12.3 Å². The van der Waals surface area contributed by atoms with Crippen LogP contribution in [0.2, 0.25) is 0 Å². The first-order valence-corrected chi connectivity index (χ1v) is 4.90. The van der Waals surface area contributed by atoms with E-state index in [1.54, 1.807) is 0 Å². The fourth-order valence-corrected chi connectivity index (χ4v) is 1.59. The molecular formula is C13H20N4. The second-order valence-corrected chi connectivity index (χ2v) is 3.60. The molecule has 0 radical (unpaired) electrons. The van der Waals surface area contributed by atoms with Crippen LogP contribution in [0.4, 0.5) is 0 Å². The second kappa shape index (κ2) is 6.12. The van der Waals surface area contributed by atoms with Gasteiger partial charge in [0.25, 0.3) is 0 Å². The molecule has 0 aliphatic rings. The van der Waals surface area contributed by atoms with E-state index in [2.05, 4.69) is 0 Å². The lowest BCUT2D eigenvalue weighted by Gasteiger charge is -2.25. The Kier molecular flexibility index (Phi) is 5.50. The molecule has 92 valence electrons. The van der Waals surface area contributed by atoms with Crippen molar-refractivity contribution in [2.24, 2.45) is 11.5 Å². The molecule has 4 heteroatoms. The Balaban J connectivity index is 0.00000128. The maximum Gasteiger partial charge on any atom is 0.116 e. The molecule has 0 spiro atoms. The molecule has 2 aromatic carbocycles. The summed E-state index contributed by atoms with van der Waals surface area (Å²) in [6, 6.07) is 19.4. The first-order valence-electron chi connectivity index (χ1n) is 4.90. The van der Waals surface area contributed by atoms with E-state index in [1.165, 1.54) is 0 Å². The first-order chi connectivity index (χ1) is 7.21. The Labute approximate surface area is 102 Å². The van der Waals surface area contributed by atoms with Crippen LogP contribution in [0, 0.1) is 0 Å². The predicted molar refractivity (Wildman–Crippen MR) is 72.1 cm³/mol. The summed E-state index contributed by atoms with van der Waals surface area (Å²) >= 11 is 0. The van der Waals surface area contributed by atoms with E-state index in [4.69, 9.17) is 11.5 Å². The third kappa shape index (κ3) is 3.12. The summed E-state index contributed by atoms with van der Waals surface area (Å²) in [4.78, 5) is 0. The van der Waals surface area contributed by atoms with Gasteiger partial charge in [-0.15, -0.1) is 0 Å². The van der Waals surface area contributed by atoms with Crippen molar-refractivity contribution in [3.8, 4) is 0 Å². The van der Waals surface area contributed by atoms with Crippen molar-refractivity contribution in [3.05, 3.63) is 71.8 Å². The molecule has 0 saturated carbocycles. The summed E-state index contributed by atoms with van der Waals surface area (Å²) in [6.45, 7) is 0. The van der Waals surface area contributed by atoms with Gasteiger partial charge in [-0.2, -0.15) is 0 Å². The monoisotopic (exact) mass is 232 g/mol. The molecule has 2 aromatic rings. The lowest BCUT2D eigenvalue weighted by atomic mass is 9.93. The minimum atomic E-state index is -0.914. The Morgan fingerprint density at radius 3 is 1.18 bits per heavy atom. The molecular weight excluding hydrogens is 212 g/mol. The molecule has 0 aliphatic carbocycles. The third-order valence-electron chi connectivity index (χ3n) is 2.50. The molecule has 0 bridgehead atoms. The Morgan fingerprint density at radius 1 is 0.588 bits per heavy atom. The Bertz CT molecular complexity index is 384. The zero-order valence-corrected chi connectivity index (χ0v) is 9.84. The van der Waals surface area contributed by atoms with Crippen LogP contribution in [-0.4, -0.2) is 0 Å². The zero-order valence-electron chi connectivity index (χ0n) is 9.84. The predicted octanol–water partition coefficient (Wildman–Crippen LogP) is 2.13. The quantitative estimate of drug-likeness (QED) is 0.592. The van der Waals surface area contributed by atoms with Crippen molar-refractivity contribution in [1.29, 1.82) is 0 Å². The van der Waals surface area contributed by atoms with Crippen LogP contribution in [0.25, 0.3) is 0 Å². The smallest absolute Gasteiger partial charge is 0.116 e. The van der Waals surface area contributed by atoms with E-state index in [9.17, 15) is 0 Å². The van der Waals surface area contributed by atoms with Gasteiger partial charge in [0.05, 0.1) is 0 Å². The van der Waals surface area contributed by atoms with E-state index in [0.29, 0.717) is 0 Å². The SMILES string of the molecule is N.N.NC(N)(c1ccccc1)c1ccccc1. The van der Waals surface area contributed by atoms with Gasteiger partial charge in [-0.25, -0.2) is 0 Å². The third-order valence-corrected chi connectivity index (χ3v) is 2.50. The van der Waals surface area contributed by atoms with Crippen molar-refractivity contribution in [2.75, 3.05) is 0 Å². The first kappa shape index (κ1) is 15.3. The minimum Gasteiger partial charge on any atom is -0.344 e. The molecule has 0 aromatic heterocycles. The summed E-state index contributed by atoms with van der Waals surface area (Å²) < 4.78 is 0. The van der Waals surface area contributed by atoms with Gasteiger partial charge >= 0.3 is 0 Å². The Hall–Kier alpha value is -1.72. The van der Waals surface area contributed by atoms with Gasteiger partial charge in [0, 0.05) is 0 Å². The van der Waals surface area contributed by atoms with Crippen LogP contribution < -0.4 is 23.8 Å². The molecule has 0 atom stereocenters. The van der Waals surface area contributed by atoms with Crippen LogP contribution >= 0.6 is 0 Å². The molecule has 0 aliphatic heterocycles. The summed E-state index contributed by atoms with van der Waals surface area (Å²) in [6.07, 6.45) is 0. The Morgan fingerprint density at radius 2 is 0.882 bits per heavy atom. The van der Waals surface area contributed by atoms with Crippen molar-refractivity contribution in [2.45, 2.75) is 5.66 Å². The van der Waals surface area contributed by atoms with Gasteiger partial charge in [-0.05, 0) is 11.1 Å². The molecule has 10 N–H and O–H groups in total. The topological polar surface area (TPSA) is 122 Å². The molecule has 0 saturated heterocycles. The summed E-state index contributed by atoms with van der Waals surface area (Å²) in [7, 11) is 0. The molecule has 0 fully saturated rings. The zero-order chi connectivity index (χ0) is 10.7. The van der Waals surface area contributed by atoms with Crippen molar-refractivity contribution in [1.82, 2.24) is 12.3 Å². The largest absolute Gasteiger partial charge is 0.344 e. The second-order valence-electron chi connectivity index (χ2n) is 3.60. The number of benzene rings is 2. The van der Waals surface area contributed by atoms with Crippen molar-refractivity contribution < 1.29 is 0 Å².